The van der Waals surface area contributed by atoms with Gasteiger partial charge in [0.2, 0.25) is 0 Å². The summed E-state index contributed by atoms with van der Waals surface area (Å²) in [4.78, 5) is 0. The number of fused-ring (bicyclic) bond motifs is 1. The first-order valence-electron chi connectivity index (χ1n) is 7.79. The number of hydrogen-bond acceptors (Lipinski definition) is 3. The van der Waals surface area contributed by atoms with Crippen molar-refractivity contribution < 1.29 is 9.47 Å². The lowest BCUT2D eigenvalue weighted by Gasteiger charge is -2.49. The van der Waals surface area contributed by atoms with Gasteiger partial charge in [-0.1, -0.05) is 22.9 Å². The summed E-state index contributed by atoms with van der Waals surface area (Å²) in [6, 6.07) is 6.65. The van der Waals surface area contributed by atoms with Crippen LogP contribution in [0.3, 0.4) is 0 Å². The first kappa shape index (κ1) is 15.3. The molecule has 0 amide bonds. The minimum atomic E-state index is -0.0997. The third-order valence-corrected chi connectivity index (χ3v) is 5.54. The van der Waals surface area contributed by atoms with E-state index in [1.807, 2.05) is 7.05 Å². The van der Waals surface area contributed by atoms with Crippen molar-refractivity contribution >= 4 is 15.9 Å². The largest absolute Gasteiger partial charge is 0.487 e. The van der Waals surface area contributed by atoms with E-state index in [9.17, 15) is 0 Å². The number of halogens is 1. The molecular weight excluding hydrogens is 330 g/mol. The van der Waals surface area contributed by atoms with Crippen LogP contribution >= 0.6 is 15.9 Å². The van der Waals surface area contributed by atoms with E-state index in [1.54, 1.807) is 0 Å². The number of hydrogen-bond donors (Lipinski definition) is 1. The summed E-state index contributed by atoms with van der Waals surface area (Å²) in [5, 5.41) is 3.46. The molecule has 0 aromatic heterocycles. The zero-order chi connectivity index (χ0) is 15.1. The van der Waals surface area contributed by atoms with E-state index in [4.69, 9.17) is 9.47 Å². The minimum absolute atomic E-state index is 0.0661. The molecule has 0 bridgehead atoms. The van der Waals surface area contributed by atoms with Crippen molar-refractivity contribution in [2.24, 2.45) is 0 Å². The van der Waals surface area contributed by atoms with Crippen molar-refractivity contribution in [3.8, 4) is 5.75 Å². The fourth-order valence-electron chi connectivity index (χ4n) is 3.69. The number of ether oxygens (including phenoxy) is 2. The Bertz CT molecular complexity index is 536. The normalized spacial score (nSPS) is 35.3. The summed E-state index contributed by atoms with van der Waals surface area (Å²) in [6.07, 6.45) is 3.96. The van der Waals surface area contributed by atoms with E-state index >= 15 is 0 Å². The van der Waals surface area contributed by atoms with Gasteiger partial charge in [0, 0.05) is 35.3 Å². The van der Waals surface area contributed by atoms with Gasteiger partial charge in [-0.25, -0.2) is 0 Å². The number of nitrogens with one attached hydrogen (secondary N) is 1. The molecule has 3 nitrogen and oxygen atoms in total. The van der Waals surface area contributed by atoms with Crippen LogP contribution in [0.25, 0.3) is 0 Å². The van der Waals surface area contributed by atoms with E-state index in [0.717, 1.165) is 42.5 Å². The Morgan fingerprint density at radius 3 is 2.95 bits per heavy atom. The number of rotatable bonds is 2. The maximum absolute atomic E-state index is 6.50. The molecule has 2 heterocycles. The Balaban J connectivity index is 1.94. The van der Waals surface area contributed by atoms with Crippen LogP contribution in [0.4, 0.5) is 0 Å². The van der Waals surface area contributed by atoms with E-state index in [0.29, 0.717) is 6.04 Å². The first-order chi connectivity index (χ1) is 9.99. The maximum atomic E-state index is 6.50. The molecule has 1 aromatic rings. The summed E-state index contributed by atoms with van der Waals surface area (Å²) in [5.74, 6) is 1.02. The van der Waals surface area contributed by atoms with Gasteiger partial charge in [0.1, 0.15) is 11.4 Å². The van der Waals surface area contributed by atoms with Crippen molar-refractivity contribution in [2.45, 2.75) is 56.8 Å². The second-order valence-corrected chi connectivity index (χ2v) is 7.51. The molecule has 2 aliphatic rings. The molecule has 21 heavy (non-hydrogen) atoms. The molecule has 2 aliphatic heterocycles. The SMILES string of the molecule is CCC1(C)CC2(CCO1)CC(NC)c1cc(Br)ccc1O2. The van der Waals surface area contributed by atoms with E-state index < -0.39 is 0 Å². The lowest BCUT2D eigenvalue weighted by atomic mass is 9.75. The Kier molecular flexibility index (Phi) is 4.06. The van der Waals surface area contributed by atoms with Gasteiger partial charge in [-0.3, -0.25) is 0 Å². The van der Waals surface area contributed by atoms with Crippen molar-refractivity contribution in [3.05, 3.63) is 28.2 Å². The van der Waals surface area contributed by atoms with Crippen LogP contribution in [-0.4, -0.2) is 24.9 Å². The van der Waals surface area contributed by atoms with Gasteiger partial charge < -0.3 is 14.8 Å². The molecule has 1 aromatic carbocycles. The van der Waals surface area contributed by atoms with Crippen molar-refractivity contribution in [2.75, 3.05) is 13.7 Å². The second-order valence-electron chi connectivity index (χ2n) is 6.59. The van der Waals surface area contributed by atoms with Crippen molar-refractivity contribution in [1.29, 1.82) is 0 Å². The lowest BCUT2D eigenvalue weighted by molar-refractivity contribution is -0.152. The predicted molar refractivity (Wildman–Crippen MR) is 87.8 cm³/mol. The average Bonchev–Trinajstić information content (AvgIpc) is 2.47. The molecule has 0 saturated carbocycles. The molecule has 0 aliphatic carbocycles. The first-order valence-corrected chi connectivity index (χ1v) is 8.58. The Hall–Kier alpha value is -0.580. The molecule has 3 atom stereocenters. The molecule has 1 N–H and O–H groups in total. The van der Waals surface area contributed by atoms with Crippen LogP contribution in [0.1, 0.15) is 51.1 Å². The van der Waals surface area contributed by atoms with Crippen molar-refractivity contribution in [1.82, 2.24) is 5.32 Å². The molecule has 3 rings (SSSR count). The molecule has 116 valence electrons. The van der Waals surface area contributed by atoms with Gasteiger partial charge in [0.05, 0.1) is 12.2 Å². The van der Waals surface area contributed by atoms with E-state index in [1.165, 1.54) is 5.56 Å². The monoisotopic (exact) mass is 353 g/mol. The molecule has 1 fully saturated rings. The molecular formula is C17H24BrNO2. The maximum Gasteiger partial charge on any atom is 0.125 e. The van der Waals surface area contributed by atoms with Crippen LogP contribution in [0.15, 0.2) is 22.7 Å². The quantitative estimate of drug-likeness (QED) is 0.863. The highest BCUT2D eigenvalue weighted by molar-refractivity contribution is 9.10. The van der Waals surface area contributed by atoms with Gasteiger partial charge in [-0.2, -0.15) is 0 Å². The highest BCUT2D eigenvalue weighted by atomic mass is 79.9. The minimum Gasteiger partial charge on any atom is -0.487 e. The summed E-state index contributed by atoms with van der Waals surface area (Å²) in [6.45, 7) is 5.19. The average molecular weight is 354 g/mol. The third-order valence-electron chi connectivity index (χ3n) is 5.05. The van der Waals surface area contributed by atoms with Crippen molar-refractivity contribution in [3.63, 3.8) is 0 Å². The molecule has 3 unspecified atom stereocenters. The van der Waals surface area contributed by atoms with Gasteiger partial charge >= 0.3 is 0 Å². The Morgan fingerprint density at radius 2 is 2.24 bits per heavy atom. The van der Waals surface area contributed by atoms with Gasteiger partial charge in [0.15, 0.2) is 0 Å². The van der Waals surface area contributed by atoms with Crippen LogP contribution < -0.4 is 10.1 Å². The summed E-state index contributed by atoms with van der Waals surface area (Å²) in [5.41, 5.74) is 1.09. The van der Waals surface area contributed by atoms with Gasteiger partial charge in [-0.05, 0) is 38.6 Å². The second kappa shape index (κ2) is 5.56. The molecule has 4 heteroatoms. The summed E-state index contributed by atoms with van der Waals surface area (Å²) < 4.78 is 13.6. The van der Waals surface area contributed by atoms with E-state index in [2.05, 4.69) is 53.3 Å². The van der Waals surface area contributed by atoms with Gasteiger partial charge in [-0.15, -0.1) is 0 Å². The number of benzene rings is 1. The Morgan fingerprint density at radius 1 is 1.43 bits per heavy atom. The third kappa shape index (κ3) is 2.86. The molecule has 0 radical (unpaired) electrons. The Labute approximate surface area is 135 Å². The van der Waals surface area contributed by atoms with Crippen LogP contribution in [-0.2, 0) is 4.74 Å². The predicted octanol–water partition coefficient (Wildman–Crippen LogP) is 4.21. The lowest BCUT2D eigenvalue weighted by Crippen LogP contribution is -2.53. The summed E-state index contributed by atoms with van der Waals surface area (Å²) >= 11 is 3.56. The highest BCUT2D eigenvalue weighted by Gasteiger charge is 2.48. The van der Waals surface area contributed by atoms with E-state index in [-0.39, 0.29) is 11.2 Å². The standard InChI is InChI=1S/C17H24BrNO2/c1-4-16(2)11-17(7-8-20-16)10-14(19-3)13-9-12(18)5-6-15(13)21-17/h5-6,9,14,19H,4,7-8,10-11H2,1-3H3. The van der Waals surface area contributed by atoms with Gasteiger partial charge in [0.25, 0.3) is 0 Å². The van der Waals surface area contributed by atoms with Crippen LogP contribution in [0.2, 0.25) is 0 Å². The zero-order valence-electron chi connectivity index (χ0n) is 13.0. The van der Waals surface area contributed by atoms with Crippen LogP contribution in [0, 0.1) is 0 Å². The summed E-state index contributed by atoms with van der Waals surface area (Å²) in [7, 11) is 2.03. The van der Waals surface area contributed by atoms with Crippen LogP contribution in [0.5, 0.6) is 5.75 Å². The molecule has 1 spiro atoms. The highest BCUT2D eigenvalue weighted by Crippen LogP contribution is 2.48. The molecule has 1 saturated heterocycles. The smallest absolute Gasteiger partial charge is 0.125 e. The zero-order valence-corrected chi connectivity index (χ0v) is 14.6. The topological polar surface area (TPSA) is 30.5 Å². The fourth-order valence-corrected chi connectivity index (χ4v) is 4.07. The fraction of sp³-hybridized carbons (Fsp3) is 0.647.